The van der Waals surface area contributed by atoms with Crippen LogP contribution in [-0.4, -0.2) is 40.8 Å². The second-order valence-corrected chi connectivity index (χ2v) is 36.7. The van der Waals surface area contributed by atoms with E-state index < -0.39 is 5.60 Å². The maximum absolute atomic E-state index is 12.8. The van der Waals surface area contributed by atoms with E-state index in [1.165, 1.54) is 33.4 Å². The molecule has 9 rings (SSSR count). The van der Waals surface area contributed by atoms with Crippen LogP contribution in [0.25, 0.3) is 0 Å². The minimum atomic E-state index is -0.496. The largest absolute Gasteiger partial charge is 0.485 e. The van der Waals surface area contributed by atoms with Crippen LogP contribution in [0.2, 0.25) is 0 Å². The number of benzene rings is 4. The molecule has 3 heterocycles. The van der Waals surface area contributed by atoms with Crippen LogP contribution >= 0.6 is 0 Å². The van der Waals surface area contributed by atoms with Crippen molar-refractivity contribution in [1.29, 1.82) is 0 Å². The van der Waals surface area contributed by atoms with E-state index in [2.05, 4.69) is 280 Å². The van der Waals surface area contributed by atoms with Gasteiger partial charge in [0.1, 0.15) is 28.5 Å². The average molecular weight is 1260 g/mol. The summed E-state index contributed by atoms with van der Waals surface area (Å²) in [5.74, 6) is 1.74. The van der Waals surface area contributed by atoms with Gasteiger partial charge in [-0.25, -0.2) is 0 Å². The van der Waals surface area contributed by atoms with E-state index in [0.717, 1.165) is 37.3 Å². The van der Waals surface area contributed by atoms with E-state index in [0.29, 0.717) is 25.0 Å². The van der Waals surface area contributed by atoms with E-state index in [-0.39, 0.29) is 123 Å². The summed E-state index contributed by atoms with van der Waals surface area (Å²) < 4.78 is 12.9. The summed E-state index contributed by atoms with van der Waals surface area (Å²) in [6.45, 7) is 67.9. The fourth-order valence-corrected chi connectivity index (χ4v) is 19.1. The molecular formula is C84H139NO6. The maximum atomic E-state index is 12.8. The van der Waals surface area contributed by atoms with Crippen molar-refractivity contribution in [2.45, 2.75) is 304 Å². The molecule has 2 aliphatic carbocycles. The predicted molar refractivity (Wildman–Crippen MR) is 392 cm³/mol. The van der Waals surface area contributed by atoms with Gasteiger partial charge < -0.3 is 19.9 Å². The highest BCUT2D eigenvalue weighted by atomic mass is 16.5. The smallest absolute Gasteiger partial charge is 0.227 e. The Morgan fingerprint density at radius 3 is 1.21 bits per heavy atom. The predicted octanol–water partition coefficient (Wildman–Crippen LogP) is 22.1. The van der Waals surface area contributed by atoms with Gasteiger partial charge in [-0.05, 0) is 95.6 Å². The molecule has 0 spiro atoms. The number of fused-ring (bicyclic) bond motifs is 4. The highest BCUT2D eigenvalue weighted by molar-refractivity contribution is 5.98. The summed E-state index contributed by atoms with van der Waals surface area (Å²) in [4.78, 5) is 37.4. The first kappa shape index (κ1) is 84.4. The van der Waals surface area contributed by atoms with Crippen molar-refractivity contribution in [2.75, 3.05) is 6.54 Å². The summed E-state index contributed by atoms with van der Waals surface area (Å²) in [5.41, 5.74) is 7.22. The molecule has 5 aliphatic rings. The number of ketones is 2. The molecule has 7 nitrogen and oxygen atoms in total. The molecule has 1 saturated heterocycles. The second-order valence-electron chi connectivity index (χ2n) is 36.7. The van der Waals surface area contributed by atoms with Gasteiger partial charge in [0.2, 0.25) is 5.91 Å². The summed E-state index contributed by atoms with van der Waals surface area (Å²) >= 11 is 0. The number of amides is 1. The zero-order valence-electron chi connectivity index (χ0n) is 60.8. The molecule has 3 aliphatic heterocycles. The maximum Gasteiger partial charge on any atom is 0.227 e. The molecule has 91 heavy (non-hydrogen) atoms. The van der Waals surface area contributed by atoms with Gasteiger partial charge in [0.15, 0.2) is 0 Å². The van der Waals surface area contributed by atoms with Gasteiger partial charge in [-0.3, -0.25) is 14.4 Å². The monoisotopic (exact) mass is 1260 g/mol. The normalized spacial score (nSPS) is 19.5. The lowest BCUT2D eigenvalue weighted by Gasteiger charge is -2.54. The van der Waals surface area contributed by atoms with Gasteiger partial charge in [0.25, 0.3) is 0 Å². The molecule has 1 amide bonds. The summed E-state index contributed by atoms with van der Waals surface area (Å²) in [6, 6.07) is 33.5. The summed E-state index contributed by atoms with van der Waals surface area (Å²) in [5, 5.41) is 13.8. The molecule has 1 atom stereocenters. The van der Waals surface area contributed by atoms with E-state index in [1.54, 1.807) is 0 Å². The number of rotatable bonds is 0. The van der Waals surface area contributed by atoms with E-state index >= 15 is 0 Å². The van der Waals surface area contributed by atoms with E-state index in [9.17, 15) is 19.5 Å². The zero-order valence-corrected chi connectivity index (χ0v) is 60.8. The van der Waals surface area contributed by atoms with Gasteiger partial charge in [0.05, 0.1) is 23.5 Å². The minimum absolute atomic E-state index is 0. The van der Waals surface area contributed by atoms with Gasteiger partial charge in [-0.15, -0.1) is 0 Å². The molecular weight excluding hydrogens is 1120 g/mol. The average Bonchev–Trinajstić information content (AvgIpc) is 1.65. The van der Waals surface area contributed by atoms with Crippen molar-refractivity contribution in [3.8, 4) is 5.75 Å². The second kappa shape index (κ2) is 28.0. The third kappa shape index (κ3) is 14.8. The summed E-state index contributed by atoms with van der Waals surface area (Å²) in [6.07, 6.45) is 2.97. The van der Waals surface area contributed by atoms with Crippen LogP contribution in [0, 0.1) is 59.6 Å². The number of aliphatic hydroxyl groups excluding tert-OH is 1. The van der Waals surface area contributed by atoms with E-state index in [4.69, 9.17) is 9.47 Å². The van der Waals surface area contributed by atoms with Crippen LogP contribution in [0.4, 0.5) is 0 Å². The van der Waals surface area contributed by atoms with Crippen molar-refractivity contribution in [2.24, 2.45) is 59.6 Å². The number of para-hydroxylation sites is 1. The van der Waals surface area contributed by atoms with Crippen LogP contribution in [0.3, 0.4) is 0 Å². The number of Topliss-reactive ketones (excluding diaryl/α,β-unsaturated/α-hetero) is 2. The zero-order chi connectivity index (χ0) is 66.8. The first-order valence-electron chi connectivity index (χ1n) is 32.8. The highest BCUT2D eigenvalue weighted by Gasteiger charge is 2.63. The topological polar surface area (TPSA) is 102 Å². The van der Waals surface area contributed by atoms with Crippen molar-refractivity contribution in [3.05, 3.63) is 136 Å². The number of carbonyl (C=O) groups excluding carboxylic acids is 3. The molecule has 1 fully saturated rings. The lowest BCUT2D eigenvalue weighted by molar-refractivity contribution is -0.180. The molecule has 4 aromatic rings. The molecule has 2 N–H and O–H groups in total. The van der Waals surface area contributed by atoms with Crippen molar-refractivity contribution >= 4 is 17.5 Å². The quantitative estimate of drug-likeness (QED) is 0.182. The van der Waals surface area contributed by atoms with Crippen LogP contribution < -0.4 is 10.1 Å². The van der Waals surface area contributed by atoms with Crippen LogP contribution in [0.1, 0.15) is 289 Å². The first-order chi connectivity index (χ1) is 39.1. The number of hydrogen-bond donors (Lipinski definition) is 2. The van der Waals surface area contributed by atoms with Crippen LogP contribution in [0.15, 0.2) is 97.1 Å². The Hall–Kier alpha value is -4.59. The van der Waals surface area contributed by atoms with Crippen molar-refractivity contribution in [3.63, 3.8) is 0 Å². The van der Waals surface area contributed by atoms with Crippen molar-refractivity contribution < 1.29 is 29.0 Å². The first-order valence-corrected chi connectivity index (χ1v) is 32.8. The Balaban J connectivity index is 0.000000565. The third-order valence-electron chi connectivity index (χ3n) is 21.4. The Bertz CT molecular complexity index is 2990. The lowest BCUT2D eigenvalue weighted by atomic mass is 9.50. The number of carbonyl (C=O) groups is 3. The van der Waals surface area contributed by atoms with Gasteiger partial charge >= 0.3 is 0 Å². The Morgan fingerprint density at radius 2 is 0.824 bits per heavy atom. The number of hydrogen-bond acceptors (Lipinski definition) is 6. The third-order valence-corrected chi connectivity index (χ3v) is 21.4. The SMILES string of the molecule is C.C.C.C.CC(C)(C)C1(C(C)(C)C)C(=O)Cc2ccccc21.CC(C)(C)C1(C(C)(C)C)CC(=O)Cc2ccccc2O1.CC(C)(C)C1(C(C)(C)C)CCNC1=O.CC(C)(C)C1(C(C)(C)C)OCc2ccccc21.CC(C)(C)C1(C(C)(C)C)c2ccccc2CC1O. The molecule has 7 heteroatoms. The number of aliphatic hydroxyl groups is 1. The fourth-order valence-electron chi connectivity index (χ4n) is 19.1. The summed E-state index contributed by atoms with van der Waals surface area (Å²) in [7, 11) is 0. The fraction of sp³-hybridized carbons (Fsp3) is 0.679. The van der Waals surface area contributed by atoms with E-state index in [1.807, 2.05) is 30.3 Å². The molecule has 0 radical (unpaired) electrons. The molecule has 0 bridgehead atoms. The van der Waals surface area contributed by atoms with Crippen molar-refractivity contribution in [1.82, 2.24) is 5.32 Å². The minimum Gasteiger partial charge on any atom is -0.485 e. The van der Waals surface area contributed by atoms with Crippen LogP contribution in [-0.2, 0) is 61.4 Å². The molecule has 516 valence electrons. The lowest BCUT2D eigenvalue weighted by Crippen LogP contribution is -2.58. The molecule has 0 aromatic heterocycles. The van der Waals surface area contributed by atoms with Gasteiger partial charge in [0, 0.05) is 47.6 Å². The Labute approximate surface area is 561 Å². The van der Waals surface area contributed by atoms with Crippen LogP contribution in [0.5, 0.6) is 5.75 Å². The molecule has 0 saturated carbocycles. The number of ether oxygens (including phenoxy) is 2. The van der Waals surface area contributed by atoms with Gasteiger partial charge in [-0.2, -0.15) is 0 Å². The Morgan fingerprint density at radius 1 is 0.429 bits per heavy atom. The van der Waals surface area contributed by atoms with Gasteiger partial charge in [-0.1, -0.05) is 328 Å². The highest BCUT2D eigenvalue weighted by Crippen LogP contribution is 2.62. The molecule has 1 unspecified atom stereocenters. The number of nitrogens with one attached hydrogen (secondary N) is 1. The Kier molecular flexibility index (Phi) is 26.0. The molecule has 4 aromatic carbocycles. The standard InChI is InChI=1S/C18H26O2.C17H26O.C17H24O.C16H24O.C12H23NO.4CH4/c1-16(2,3)18(17(4,5)6)12-14(19)11-13-9-7-8-10-15(13)20-18;2*1-15(2,3)17(16(4,5)6)13-10-8-7-9-12(13)11-14(17)18;1-14(2,3)16(15(4,5)6)13-10-8-7-9-12(13)11-17-16;1-10(2,3)12(11(4,5)6)7-8-13-9(12)14;;;;/h7-10H,11-12H2,1-6H3;7-10,14,18H,11H2,1-6H3;7-10H,11H2,1-6H3;7-10H,11H2,1-6H3;7-8H2,1-6H3,(H,13,14);4*1H4.